The Morgan fingerprint density at radius 2 is 1.92 bits per heavy atom. The van der Waals surface area contributed by atoms with E-state index in [1.165, 1.54) is 5.56 Å². The first-order valence-corrected chi connectivity index (χ1v) is 8.84. The molecule has 2 saturated heterocycles. The monoisotopic (exact) mass is 330 g/mol. The molecule has 5 heteroatoms. The fourth-order valence-electron chi connectivity index (χ4n) is 3.65. The highest BCUT2D eigenvalue weighted by molar-refractivity contribution is 5.83. The van der Waals surface area contributed by atoms with Gasteiger partial charge in [0.05, 0.1) is 13.0 Å². The Labute approximate surface area is 143 Å². The molecule has 2 heterocycles. The van der Waals surface area contributed by atoms with Gasteiger partial charge in [0.15, 0.2) is 0 Å². The van der Waals surface area contributed by atoms with Crippen LogP contribution in [0, 0.1) is 11.8 Å². The largest absolute Gasteiger partial charge is 0.497 e. The lowest BCUT2D eigenvalue weighted by Gasteiger charge is -2.35. The summed E-state index contributed by atoms with van der Waals surface area (Å²) in [7, 11) is 1.68. The number of methoxy groups -OCH3 is 1. The summed E-state index contributed by atoms with van der Waals surface area (Å²) in [6.07, 6.45) is 4.33. The summed E-state index contributed by atoms with van der Waals surface area (Å²) >= 11 is 0. The number of likely N-dealkylation sites (tertiary alicyclic amines) is 1. The van der Waals surface area contributed by atoms with Gasteiger partial charge in [-0.05, 0) is 49.3 Å². The van der Waals surface area contributed by atoms with Crippen LogP contribution in [-0.4, -0.2) is 43.5 Å². The Hall–Kier alpha value is -2.04. The maximum atomic E-state index is 12.6. The molecule has 0 saturated carbocycles. The Morgan fingerprint density at radius 1 is 1.21 bits per heavy atom. The van der Waals surface area contributed by atoms with Crippen LogP contribution in [0.5, 0.6) is 5.75 Å². The summed E-state index contributed by atoms with van der Waals surface area (Å²) in [6.45, 7) is 2.18. The van der Waals surface area contributed by atoms with Crippen molar-refractivity contribution in [1.82, 2.24) is 10.2 Å². The van der Waals surface area contributed by atoms with E-state index in [0.717, 1.165) is 38.1 Å². The molecule has 0 aromatic heterocycles. The Bertz CT molecular complexity index is 567. The number of hydrogen-bond acceptors (Lipinski definition) is 3. The van der Waals surface area contributed by atoms with Crippen LogP contribution in [0.2, 0.25) is 0 Å². The molecule has 1 unspecified atom stereocenters. The van der Waals surface area contributed by atoms with Crippen molar-refractivity contribution in [3.63, 3.8) is 0 Å². The van der Waals surface area contributed by atoms with Gasteiger partial charge in [-0.3, -0.25) is 9.59 Å². The van der Waals surface area contributed by atoms with Crippen molar-refractivity contribution in [2.45, 2.75) is 32.1 Å². The van der Waals surface area contributed by atoms with E-state index in [1.54, 1.807) is 7.11 Å². The molecular formula is C19H26N2O3. The molecule has 1 aromatic rings. The Kier molecular flexibility index (Phi) is 5.38. The SMILES string of the molecule is COc1ccc(CC2CCN(C(=O)C3CCC(=O)NC3)CC2)cc1. The lowest BCUT2D eigenvalue weighted by atomic mass is 9.89. The van der Waals surface area contributed by atoms with Crippen molar-refractivity contribution in [1.29, 1.82) is 0 Å². The normalized spacial score (nSPS) is 22.1. The van der Waals surface area contributed by atoms with Gasteiger partial charge < -0.3 is 15.0 Å². The third kappa shape index (κ3) is 4.08. The van der Waals surface area contributed by atoms with Gasteiger partial charge in [0.1, 0.15) is 5.75 Å². The van der Waals surface area contributed by atoms with Gasteiger partial charge in [-0.2, -0.15) is 0 Å². The number of rotatable bonds is 4. The molecule has 0 spiro atoms. The molecule has 0 bridgehead atoms. The Balaban J connectivity index is 1.46. The molecule has 0 radical (unpaired) electrons. The van der Waals surface area contributed by atoms with Crippen LogP contribution in [0.15, 0.2) is 24.3 Å². The van der Waals surface area contributed by atoms with E-state index in [4.69, 9.17) is 4.74 Å². The Morgan fingerprint density at radius 3 is 2.50 bits per heavy atom. The van der Waals surface area contributed by atoms with Crippen molar-refractivity contribution in [2.75, 3.05) is 26.7 Å². The first kappa shape index (κ1) is 16.8. The first-order chi connectivity index (χ1) is 11.7. The van der Waals surface area contributed by atoms with Crippen molar-refractivity contribution >= 4 is 11.8 Å². The van der Waals surface area contributed by atoms with E-state index in [1.807, 2.05) is 17.0 Å². The number of carbonyl (C=O) groups is 2. The minimum atomic E-state index is -0.0270. The number of carbonyl (C=O) groups excluding carboxylic acids is 2. The van der Waals surface area contributed by atoms with Crippen molar-refractivity contribution < 1.29 is 14.3 Å². The second-order valence-electron chi connectivity index (χ2n) is 6.86. The van der Waals surface area contributed by atoms with Gasteiger partial charge in [-0.25, -0.2) is 0 Å². The maximum absolute atomic E-state index is 12.6. The first-order valence-electron chi connectivity index (χ1n) is 8.84. The lowest BCUT2D eigenvalue weighted by molar-refractivity contribution is -0.138. The number of nitrogens with one attached hydrogen (secondary N) is 1. The number of amides is 2. The van der Waals surface area contributed by atoms with Gasteiger partial charge in [0, 0.05) is 26.1 Å². The summed E-state index contributed by atoms with van der Waals surface area (Å²) in [5.41, 5.74) is 1.33. The molecular weight excluding hydrogens is 304 g/mol. The van der Waals surface area contributed by atoms with Crippen molar-refractivity contribution in [3.8, 4) is 5.75 Å². The van der Waals surface area contributed by atoms with E-state index in [9.17, 15) is 9.59 Å². The predicted molar refractivity (Wildman–Crippen MR) is 91.7 cm³/mol. The van der Waals surface area contributed by atoms with Crippen LogP contribution >= 0.6 is 0 Å². The molecule has 0 aliphatic carbocycles. The highest BCUT2D eigenvalue weighted by atomic mass is 16.5. The van der Waals surface area contributed by atoms with E-state index in [0.29, 0.717) is 25.3 Å². The number of hydrogen-bond donors (Lipinski definition) is 1. The molecule has 2 aliphatic rings. The number of benzene rings is 1. The van der Waals surface area contributed by atoms with Gasteiger partial charge in [-0.1, -0.05) is 12.1 Å². The molecule has 3 rings (SSSR count). The van der Waals surface area contributed by atoms with E-state index in [2.05, 4.69) is 17.4 Å². The molecule has 2 fully saturated rings. The molecule has 1 atom stereocenters. The van der Waals surface area contributed by atoms with Crippen LogP contribution in [0.3, 0.4) is 0 Å². The molecule has 130 valence electrons. The standard InChI is InChI=1S/C19H26N2O3/c1-24-17-5-2-14(3-6-17)12-15-8-10-21(11-9-15)19(23)16-4-7-18(22)20-13-16/h2-3,5-6,15-16H,4,7-13H2,1H3,(H,20,22). The molecule has 1 N–H and O–H groups in total. The van der Waals surface area contributed by atoms with Crippen LogP contribution in [0.4, 0.5) is 0 Å². The number of nitrogens with zero attached hydrogens (tertiary/aromatic N) is 1. The molecule has 1 aromatic carbocycles. The summed E-state index contributed by atoms with van der Waals surface area (Å²) in [6, 6.07) is 8.26. The van der Waals surface area contributed by atoms with E-state index in [-0.39, 0.29) is 17.7 Å². The summed E-state index contributed by atoms with van der Waals surface area (Å²) in [5, 5.41) is 2.81. The van der Waals surface area contributed by atoms with Crippen molar-refractivity contribution in [2.24, 2.45) is 11.8 Å². The zero-order valence-electron chi connectivity index (χ0n) is 14.3. The topological polar surface area (TPSA) is 58.6 Å². The minimum absolute atomic E-state index is 0.0270. The lowest BCUT2D eigenvalue weighted by Crippen LogP contribution is -2.47. The van der Waals surface area contributed by atoms with Crippen LogP contribution in [-0.2, 0) is 16.0 Å². The van der Waals surface area contributed by atoms with Gasteiger partial charge in [0.25, 0.3) is 0 Å². The van der Waals surface area contributed by atoms with Gasteiger partial charge >= 0.3 is 0 Å². The molecule has 5 nitrogen and oxygen atoms in total. The third-order valence-electron chi connectivity index (χ3n) is 5.22. The average molecular weight is 330 g/mol. The quantitative estimate of drug-likeness (QED) is 0.919. The van der Waals surface area contributed by atoms with Crippen LogP contribution in [0.1, 0.15) is 31.2 Å². The van der Waals surface area contributed by atoms with Gasteiger partial charge in [-0.15, -0.1) is 0 Å². The highest BCUT2D eigenvalue weighted by Gasteiger charge is 2.30. The number of piperidine rings is 2. The highest BCUT2D eigenvalue weighted by Crippen LogP contribution is 2.25. The predicted octanol–water partition coefficient (Wildman–Crippen LogP) is 2.00. The smallest absolute Gasteiger partial charge is 0.227 e. The molecule has 24 heavy (non-hydrogen) atoms. The minimum Gasteiger partial charge on any atom is -0.497 e. The second-order valence-corrected chi connectivity index (χ2v) is 6.86. The average Bonchev–Trinajstić information content (AvgIpc) is 2.63. The fourth-order valence-corrected chi connectivity index (χ4v) is 3.65. The van der Waals surface area contributed by atoms with E-state index >= 15 is 0 Å². The summed E-state index contributed by atoms with van der Waals surface area (Å²) in [5.74, 6) is 1.78. The van der Waals surface area contributed by atoms with Crippen molar-refractivity contribution in [3.05, 3.63) is 29.8 Å². The zero-order chi connectivity index (χ0) is 16.9. The molecule has 2 amide bonds. The maximum Gasteiger partial charge on any atom is 0.227 e. The second kappa shape index (κ2) is 7.69. The van der Waals surface area contributed by atoms with Crippen LogP contribution in [0.25, 0.3) is 0 Å². The van der Waals surface area contributed by atoms with Crippen LogP contribution < -0.4 is 10.1 Å². The number of ether oxygens (including phenoxy) is 1. The van der Waals surface area contributed by atoms with E-state index < -0.39 is 0 Å². The summed E-state index contributed by atoms with van der Waals surface area (Å²) < 4.78 is 5.19. The van der Waals surface area contributed by atoms with Gasteiger partial charge in [0.2, 0.25) is 11.8 Å². The third-order valence-corrected chi connectivity index (χ3v) is 5.22. The molecule has 2 aliphatic heterocycles. The fraction of sp³-hybridized carbons (Fsp3) is 0.579. The summed E-state index contributed by atoms with van der Waals surface area (Å²) in [4.78, 5) is 25.8. The zero-order valence-corrected chi connectivity index (χ0v) is 14.3.